The number of hydrogen-bond donors (Lipinski definition) is 0. The van der Waals surface area contributed by atoms with Crippen LogP contribution in [0.3, 0.4) is 0 Å². The Labute approximate surface area is 433 Å². The van der Waals surface area contributed by atoms with E-state index in [9.17, 15) is 0 Å². The van der Waals surface area contributed by atoms with Crippen LogP contribution in [0.15, 0.2) is 273 Å². The van der Waals surface area contributed by atoms with Crippen LogP contribution in [0.4, 0.5) is 0 Å². The van der Waals surface area contributed by atoms with Crippen LogP contribution in [-0.4, -0.2) is 14.5 Å². The van der Waals surface area contributed by atoms with Gasteiger partial charge in [0.15, 0.2) is 0 Å². The number of aromatic nitrogens is 3. The molecule has 2 heterocycles. The lowest BCUT2D eigenvalue weighted by atomic mass is 9.91. The van der Waals surface area contributed by atoms with Gasteiger partial charge in [0.05, 0.1) is 34.0 Å². The molecule has 0 atom stereocenters. The molecule has 0 aliphatic heterocycles. The van der Waals surface area contributed by atoms with E-state index in [1.807, 2.05) is 6.20 Å². The van der Waals surface area contributed by atoms with Gasteiger partial charge in [0.1, 0.15) is 0 Å². The van der Waals surface area contributed by atoms with Crippen LogP contribution in [0.5, 0.6) is 0 Å². The van der Waals surface area contributed by atoms with Crippen LogP contribution in [0.1, 0.15) is 0 Å². The molecule has 0 saturated heterocycles. The highest BCUT2D eigenvalue weighted by molar-refractivity contribution is 6.25. The van der Waals surface area contributed by atoms with Crippen molar-refractivity contribution >= 4 is 75.9 Å². The minimum atomic E-state index is 0.832. The Morgan fingerprint density at radius 1 is 0.253 bits per heavy atom. The van der Waals surface area contributed by atoms with Crippen molar-refractivity contribution in [1.82, 2.24) is 14.5 Å². The SMILES string of the molecule is c1ccc(-n2c3ccccc3c3cc(-c4cccc(-c5cccc(-c6cccc(-c7cnc8c9cc(-c%10cccc%11ccccc%10%11)ccc9c9ccc(-c%10cccc%11ccccc%10%11)cc9c8n7)c6)c5)c4)ccc32)cc1. The summed E-state index contributed by atoms with van der Waals surface area (Å²) >= 11 is 0. The van der Waals surface area contributed by atoms with E-state index in [-0.39, 0.29) is 0 Å². The molecule has 13 aromatic carbocycles. The number of nitrogens with zero attached hydrogens (tertiary/aromatic N) is 3. The molecule has 3 nitrogen and oxygen atoms in total. The molecular formula is C72H45N3. The number of para-hydroxylation sites is 2. The molecule has 0 bridgehead atoms. The molecule has 2 aromatic heterocycles. The summed E-state index contributed by atoms with van der Waals surface area (Å²) in [6, 6.07) is 97.0. The Hall–Kier alpha value is -9.96. The van der Waals surface area contributed by atoms with Crippen molar-refractivity contribution in [2.24, 2.45) is 0 Å². The van der Waals surface area contributed by atoms with E-state index in [4.69, 9.17) is 9.97 Å². The zero-order valence-electron chi connectivity index (χ0n) is 40.8. The first-order chi connectivity index (χ1) is 37.2. The van der Waals surface area contributed by atoms with Crippen LogP contribution >= 0.6 is 0 Å². The smallest absolute Gasteiger partial charge is 0.0979 e. The minimum absolute atomic E-state index is 0.832. The van der Waals surface area contributed by atoms with Gasteiger partial charge in [-0.2, -0.15) is 0 Å². The van der Waals surface area contributed by atoms with E-state index in [1.54, 1.807) is 0 Å². The Kier molecular flexibility index (Phi) is 9.89. The highest BCUT2D eigenvalue weighted by atomic mass is 15.0. The first-order valence-corrected chi connectivity index (χ1v) is 25.7. The predicted octanol–water partition coefficient (Wildman–Crippen LogP) is 19.3. The van der Waals surface area contributed by atoms with E-state index in [1.165, 1.54) is 71.2 Å². The number of hydrogen-bond acceptors (Lipinski definition) is 2. The second-order valence-electron chi connectivity index (χ2n) is 19.7. The number of rotatable bonds is 7. The van der Waals surface area contributed by atoms with Crippen LogP contribution in [0.2, 0.25) is 0 Å². The molecule has 3 heteroatoms. The maximum Gasteiger partial charge on any atom is 0.0979 e. The molecule has 0 radical (unpaired) electrons. The quantitative estimate of drug-likeness (QED) is 0.149. The molecular weight excluding hydrogens is 907 g/mol. The third-order valence-electron chi connectivity index (χ3n) is 15.4. The summed E-state index contributed by atoms with van der Waals surface area (Å²) < 4.78 is 2.37. The molecule has 0 aliphatic rings. The maximum atomic E-state index is 5.60. The van der Waals surface area contributed by atoms with Gasteiger partial charge in [-0.25, -0.2) is 4.98 Å². The minimum Gasteiger partial charge on any atom is -0.309 e. The van der Waals surface area contributed by atoms with Gasteiger partial charge in [-0.05, 0) is 149 Å². The van der Waals surface area contributed by atoms with Crippen molar-refractivity contribution in [3.63, 3.8) is 0 Å². The fraction of sp³-hybridized carbons (Fsp3) is 0. The first-order valence-electron chi connectivity index (χ1n) is 25.7. The van der Waals surface area contributed by atoms with Crippen LogP contribution in [0, 0.1) is 0 Å². The predicted molar refractivity (Wildman–Crippen MR) is 317 cm³/mol. The van der Waals surface area contributed by atoms with Gasteiger partial charge < -0.3 is 4.57 Å². The Morgan fingerprint density at radius 3 is 1.31 bits per heavy atom. The molecule has 0 spiro atoms. The zero-order valence-corrected chi connectivity index (χ0v) is 40.8. The highest BCUT2D eigenvalue weighted by Crippen LogP contribution is 2.42. The molecule has 0 aliphatic carbocycles. The van der Waals surface area contributed by atoms with Crippen molar-refractivity contribution in [3.8, 4) is 72.6 Å². The maximum absolute atomic E-state index is 5.60. The number of fused-ring (bicyclic) bond motifs is 11. The lowest BCUT2D eigenvalue weighted by Crippen LogP contribution is -1.94. The normalized spacial score (nSPS) is 11.7. The average Bonchev–Trinajstić information content (AvgIpc) is 3.83. The monoisotopic (exact) mass is 951 g/mol. The van der Waals surface area contributed by atoms with Crippen molar-refractivity contribution < 1.29 is 0 Å². The average molecular weight is 952 g/mol. The van der Waals surface area contributed by atoms with Gasteiger partial charge in [0.25, 0.3) is 0 Å². The Bertz CT molecular complexity index is 4770. The lowest BCUT2D eigenvalue weighted by molar-refractivity contribution is 1.18. The molecule has 348 valence electrons. The largest absolute Gasteiger partial charge is 0.309 e. The van der Waals surface area contributed by atoms with Crippen molar-refractivity contribution in [2.75, 3.05) is 0 Å². The Balaban J connectivity index is 0.826. The van der Waals surface area contributed by atoms with Crippen molar-refractivity contribution in [1.29, 1.82) is 0 Å². The molecule has 0 N–H and O–H groups in total. The summed E-state index contributed by atoms with van der Waals surface area (Å²) in [5.74, 6) is 0. The summed E-state index contributed by atoms with van der Waals surface area (Å²) in [5, 5.41) is 11.9. The summed E-state index contributed by atoms with van der Waals surface area (Å²) in [5.41, 5.74) is 18.9. The van der Waals surface area contributed by atoms with E-state index in [0.717, 1.165) is 77.3 Å². The third kappa shape index (κ3) is 7.20. The van der Waals surface area contributed by atoms with Crippen molar-refractivity contribution in [2.45, 2.75) is 0 Å². The van der Waals surface area contributed by atoms with Crippen LogP contribution in [0.25, 0.3) is 149 Å². The molecule has 0 saturated carbocycles. The third-order valence-corrected chi connectivity index (χ3v) is 15.4. The van der Waals surface area contributed by atoms with Gasteiger partial charge in [-0.15, -0.1) is 0 Å². The second kappa shape index (κ2) is 17.4. The van der Waals surface area contributed by atoms with E-state index >= 15 is 0 Å². The van der Waals surface area contributed by atoms with Gasteiger partial charge in [-0.3, -0.25) is 4.98 Å². The summed E-state index contributed by atoms with van der Waals surface area (Å²) in [6.45, 7) is 0. The molecule has 0 fully saturated rings. The lowest BCUT2D eigenvalue weighted by Gasteiger charge is -2.15. The molecule has 0 unspecified atom stereocenters. The highest BCUT2D eigenvalue weighted by Gasteiger charge is 2.18. The van der Waals surface area contributed by atoms with Crippen LogP contribution < -0.4 is 0 Å². The second-order valence-corrected chi connectivity index (χ2v) is 19.7. The van der Waals surface area contributed by atoms with E-state index in [0.29, 0.717) is 0 Å². The zero-order chi connectivity index (χ0) is 49.4. The Morgan fingerprint density at radius 2 is 0.693 bits per heavy atom. The topological polar surface area (TPSA) is 30.7 Å². The summed E-state index contributed by atoms with van der Waals surface area (Å²) in [7, 11) is 0. The summed E-state index contributed by atoms with van der Waals surface area (Å²) in [6.07, 6.45) is 1.96. The van der Waals surface area contributed by atoms with Gasteiger partial charge in [0.2, 0.25) is 0 Å². The van der Waals surface area contributed by atoms with Gasteiger partial charge >= 0.3 is 0 Å². The fourth-order valence-corrected chi connectivity index (χ4v) is 11.8. The van der Waals surface area contributed by atoms with Crippen LogP contribution in [-0.2, 0) is 0 Å². The summed E-state index contributed by atoms with van der Waals surface area (Å²) in [4.78, 5) is 11.0. The molecule has 15 aromatic rings. The van der Waals surface area contributed by atoms with E-state index in [2.05, 4.69) is 271 Å². The molecule has 75 heavy (non-hydrogen) atoms. The standard InChI is InChI=1S/C72H45N3/c1-2-25-57(26-3-1)75-69-32-9-8-29-64(69)65-42-53(35-38-70(65)75)51-22-11-20-49(40-51)48-19-10-21-50(39-48)52-23-12-24-56(41-52)68-45-73-71-66-43-54(60-30-13-17-46-15-4-6-27-58(46)60)33-36-62(66)63-37-34-55(44-67(63)72(71)74-68)61-31-14-18-47-16-5-7-28-59(47)61/h1-45H. The molecule has 15 rings (SSSR count). The van der Waals surface area contributed by atoms with E-state index < -0.39 is 0 Å². The van der Waals surface area contributed by atoms with Gasteiger partial charge in [0, 0.05) is 32.8 Å². The molecule has 0 amide bonds. The fourth-order valence-electron chi connectivity index (χ4n) is 11.8. The number of benzene rings is 13. The van der Waals surface area contributed by atoms with Gasteiger partial charge in [-0.1, -0.05) is 206 Å². The first kappa shape index (κ1) is 42.7. The van der Waals surface area contributed by atoms with Crippen molar-refractivity contribution in [3.05, 3.63) is 273 Å².